The monoisotopic (exact) mass is 214 g/mol. The molecule has 1 aliphatic carbocycles. The van der Waals surface area contributed by atoms with E-state index in [1.807, 2.05) is 0 Å². The highest BCUT2D eigenvalue weighted by atomic mass is 35.5. The van der Waals surface area contributed by atoms with E-state index in [0.717, 1.165) is 6.08 Å². The first-order valence-corrected chi connectivity index (χ1v) is 4.30. The fourth-order valence-corrected chi connectivity index (χ4v) is 1.54. The maximum atomic E-state index is 13.3. The summed E-state index contributed by atoms with van der Waals surface area (Å²) in [5, 5.41) is 0.374. The highest BCUT2D eigenvalue weighted by Gasteiger charge is 2.42. The maximum absolute atomic E-state index is 13.3. The number of benzene rings is 1. The molecular formula is C10H5ClF2O. The lowest BCUT2D eigenvalue weighted by Gasteiger charge is -2.19. The first-order chi connectivity index (χ1) is 6.51. The van der Waals surface area contributed by atoms with Gasteiger partial charge in [-0.2, -0.15) is 8.78 Å². The van der Waals surface area contributed by atoms with E-state index < -0.39 is 11.7 Å². The number of carbonyl (C=O) groups excluding carboxylic acids is 1. The van der Waals surface area contributed by atoms with Gasteiger partial charge in [-0.15, -0.1) is 0 Å². The van der Waals surface area contributed by atoms with Crippen LogP contribution in [0.1, 0.15) is 11.1 Å². The highest BCUT2D eigenvalue weighted by Crippen LogP contribution is 2.36. The Morgan fingerprint density at radius 3 is 2.64 bits per heavy atom. The molecule has 0 saturated carbocycles. The van der Waals surface area contributed by atoms with Gasteiger partial charge in [-0.3, -0.25) is 4.79 Å². The van der Waals surface area contributed by atoms with Gasteiger partial charge in [0.2, 0.25) is 5.78 Å². The second-order valence-electron chi connectivity index (χ2n) is 3.00. The van der Waals surface area contributed by atoms with E-state index in [9.17, 15) is 13.6 Å². The van der Waals surface area contributed by atoms with Gasteiger partial charge in [0.05, 0.1) is 0 Å². The van der Waals surface area contributed by atoms with E-state index in [2.05, 4.69) is 0 Å². The summed E-state index contributed by atoms with van der Waals surface area (Å²) in [6.45, 7) is 0. The Hall–Kier alpha value is -1.22. The van der Waals surface area contributed by atoms with E-state index in [1.54, 1.807) is 0 Å². The van der Waals surface area contributed by atoms with Crippen LogP contribution in [0.3, 0.4) is 0 Å². The fraction of sp³-hybridized carbons (Fsp3) is 0.100. The topological polar surface area (TPSA) is 17.1 Å². The highest BCUT2D eigenvalue weighted by molar-refractivity contribution is 6.30. The first kappa shape index (κ1) is 9.34. The van der Waals surface area contributed by atoms with Crippen LogP contribution in [0.2, 0.25) is 5.02 Å². The fourth-order valence-electron chi connectivity index (χ4n) is 1.36. The van der Waals surface area contributed by atoms with Crippen molar-refractivity contribution in [3.05, 3.63) is 40.4 Å². The zero-order valence-corrected chi connectivity index (χ0v) is 7.68. The standard InChI is InChI=1S/C10H5ClF2O/c11-7-2-3-8-6(5-7)1-4-9(14)10(8,12)13/h1-5H. The van der Waals surface area contributed by atoms with E-state index in [-0.39, 0.29) is 5.56 Å². The van der Waals surface area contributed by atoms with E-state index in [1.165, 1.54) is 24.3 Å². The molecule has 0 unspecified atom stereocenters. The molecule has 1 aliphatic rings. The number of ketones is 1. The Morgan fingerprint density at radius 1 is 1.21 bits per heavy atom. The third-order valence-electron chi connectivity index (χ3n) is 2.08. The number of halogens is 3. The van der Waals surface area contributed by atoms with Gasteiger partial charge >= 0.3 is 5.92 Å². The number of fused-ring (bicyclic) bond motifs is 1. The Kier molecular flexibility index (Phi) is 1.93. The van der Waals surface area contributed by atoms with Gasteiger partial charge in [-0.25, -0.2) is 0 Å². The summed E-state index contributed by atoms with van der Waals surface area (Å²) in [4.78, 5) is 10.9. The summed E-state index contributed by atoms with van der Waals surface area (Å²) < 4.78 is 26.6. The second-order valence-corrected chi connectivity index (χ2v) is 3.44. The van der Waals surface area contributed by atoms with Crippen LogP contribution in [0.25, 0.3) is 6.08 Å². The van der Waals surface area contributed by atoms with Gasteiger partial charge in [-0.1, -0.05) is 23.7 Å². The van der Waals surface area contributed by atoms with E-state index in [0.29, 0.717) is 10.6 Å². The molecule has 0 bridgehead atoms. The molecule has 72 valence electrons. The van der Waals surface area contributed by atoms with Crippen LogP contribution < -0.4 is 0 Å². The largest absolute Gasteiger partial charge is 0.334 e. The average Bonchev–Trinajstić information content (AvgIpc) is 2.12. The number of allylic oxidation sites excluding steroid dienone is 1. The normalized spacial score (nSPS) is 18.1. The number of rotatable bonds is 0. The molecule has 0 N–H and O–H groups in total. The lowest BCUT2D eigenvalue weighted by molar-refractivity contribution is -0.139. The molecule has 0 saturated heterocycles. The number of hydrogen-bond acceptors (Lipinski definition) is 1. The van der Waals surface area contributed by atoms with Crippen molar-refractivity contribution in [3.63, 3.8) is 0 Å². The molecule has 0 fully saturated rings. The van der Waals surface area contributed by atoms with Crippen molar-refractivity contribution in [2.75, 3.05) is 0 Å². The summed E-state index contributed by atoms with van der Waals surface area (Å²) in [5.74, 6) is -4.61. The Labute approximate surface area is 84.0 Å². The van der Waals surface area contributed by atoms with Gasteiger partial charge in [0, 0.05) is 10.6 Å². The third-order valence-corrected chi connectivity index (χ3v) is 2.31. The molecule has 0 radical (unpaired) electrons. The zero-order valence-electron chi connectivity index (χ0n) is 6.93. The Bertz CT molecular complexity index is 438. The smallest absolute Gasteiger partial charge is 0.288 e. The van der Waals surface area contributed by atoms with Gasteiger partial charge < -0.3 is 0 Å². The minimum absolute atomic E-state index is 0.283. The van der Waals surface area contributed by atoms with Crippen LogP contribution in [0.4, 0.5) is 8.78 Å². The minimum atomic E-state index is -3.42. The molecule has 4 heteroatoms. The van der Waals surface area contributed by atoms with Crippen molar-refractivity contribution >= 4 is 23.5 Å². The van der Waals surface area contributed by atoms with Crippen LogP contribution in [-0.2, 0) is 10.7 Å². The second kappa shape index (κ2) is 2.89. The lowest BCUT2D eigenvalue weighted by atomic mass is 9.93. The average molecular weight is 215 g/mol. The molecule has 0 heterocycles. The van der Waals surface area contributed by atoms with Crippen molar-refractivity contribution in [3.8, 4) is 0 Å². The molecule has 0 aromatic heterocycles. The molecule has 2 rings (SSSR count). The number of carbonyl (C=O) groups is 1. The van der Waals surface area contributed by atoms with Crippen LogP contribution in [0.15, 0.2) is 24.3 Å². The van der Waals surface area contributed by atoms with Crippen molar-refractivity contribution < 1.29 is 13.6 Å². The summed E-state index contributed by atoms with van der Waals surface area (Å²) in [7, 11) is 0. The molecule has 0 amide bonds. The van der Waals surface area contributed by atoms with Crippen molar-refractivity contribution in [1.29, 1.82) is 0 Å². The quantitative estimate of drug-likeness (QED) is 0.649. The maximum Gasteiger partial charge on any atom is 0.334 e. The predicted octanol–water partition coefficient (Wildman–Crippen LogP) is 3.03. The number of hydrogen-bond donors (Lipinski definition) is 0. The number of alkyl halides is 2. The summed E-state index contributed by atoms with van der Waals surface area (Å²) in [5.41, 5.74) is 0.0106. The van der Waals surface area contributed by atoms with Gasteiger partial charge in [0.1, 0.15) is 0 Å². The molecule has 0 atom stereocenters. The van der Waals surface area contributed by atoms with Crippen molar-refractivity contribution in [1.82, 2.24) is 0 Å². The van der Waals surface area contributed by atoms with Crippen LogP contribution in [0, 0.1) is 0 Å². The zero-order chi connectivity index (χ0) is 10.3. The molecule has 1 nitrogen and oxygen atoms in total. The molecule has 0 spiro atoms. The molecule has 1 aromatic carbocycles. The van der Waals surface area contributed by atoms with E-state index in [4.69, 9.17) is 11.6 Å². The first-order valence-electron chi connectivity index (χ1n) is 3.92. The van der Waals surface area contributed by atoms with Crippen LogP contribution >= 0.6 is 11.6 Å². The SMILES string of the molecule is O=C1C=Cc2cc(Cl)ccc2C1(F)F. The summed E-state index contributed by atoms with van der Waals surface area (Å²) >= 11 is 5.64. The molecule has 1 aromatic rings. The third kappa shape index (κ3) is 1.24. The van der Waals surface area contributed by atoms with Crippen molar-refractivity contribution in [2.45, 2.75) is 5.92 Å². The molecule has 14 heavy (non-hydrogen) atoms. The van der Waals surface area contributed by atoms with E-state index >= 15 is 0 Å². The van der Waals surface area contributed by atoms with Gasteiger partial charge in [0.15, 0.2) is 0 Å². The predicted molar refractivity (Wildman–Crippen MR) is 49.4 cm³/mol. The van der Waals surface area contributed by atoms with Crippen LogP contribution in [-0.4, -0.2) is 5.78 Å². The lowest BCUT2D eigenvalue weighted by Crippen LogP contribution is -2.27. The molecule has 0 aliphatic heterocycles. The Balaban J connectivity index is 2.67. The summed E-state index contributed by atoms with van der Waals surface area (Å²) in [6.07, 6.45) is 2.22. The summed E-state index contributed by atoms with van der Waals surface area (Å²) in [6, 6.07) is 3.94. The Morgan fingerprint density at radius 2 is 1.93 bits per heavy atom. The van der Waals surface area contributed by atoms with Crippen molar-refractivity contribution in [2.24, 2.45) is 0 Å². The minimum Gasteiger partial charge on any atom is -0.288 e. The van der Waals surface area contributed by atoms with Gasteiger partial charge in [0.25, 0.3) is 0 Å². The van der Waals surface area contributed by atoms with Crippen LogP contribution in [0.5, 0.6) is 0 Å². The van der Waals surface area contributed by atoms with Gasteiger partial charge in [-0.05, 0) is 23.8 Å². The molecular weight excluding hydrogens is 210 g/mol.